The molecule has 0 aliphatic heterocycles. The third kappa shape index (κ3) is 4.58. The summed E-state index contributed by atoms with van der Waals surface area (Å²) in [5, 5.41) is 21.7. The molecule has 0 saturated heterocycles. The molecule has 2 heterocycles. The first-order chi connectivity index (χ1) is 13.0. The zero-order chi connectivity index (χ0) is 19.4. The third-order valence-electron chi connectivity index (χ3n) is 4.42. The highest BCUT2D eigenvalue weighted by Gasteiger charge is 2.26. The number of aliphatic hydroxyl groups is 2. The summed E-state index contributed by atoms with van der Waals surface area (Å²) in [6.07, 6.45) is 5.67. The molecule has 1 aliphatic rings. The Bertz CT molecular complexity index is 804. The summed E-state index contributed by atoms with van der Waals surface area (Å²) >= 11 is 0. The molecule has 8 heteroatoms. The maximum atomic E-state index is 9.36. The molecule has 1 aliphatic carbocycles. The minimum absolute atomic E-state index is 0.178. The van der Waals surface area contributed by atoms with Crippen LogP contribution in [-0.2, 0) is 0 Å². The standard InChI is InChI=1S/C19H25N5O3/c1-11(2)14-7-21-15(12-4-5-12)6-16(14)27-17-8-22-19(20-3)24-18(17)23-13(9-25)10-26/h6-8,11-13,25-26H,3-5,9-10H2,1-2H3,(H,22,23,24). The van der Waals surface area contributed by atoms with Gasteiger partial charge in [-0.1, -0.05) is 13.8 Å². The van der Waals surface area contributed by atoms with Gasteiger partial charge < -0.3 is 20.3 Å². The monoisotopic (exact) mass is 371 g/mol. The SMILES string of the molecule is C=Nc1ncc(Oc2cc(C3CC3)ncc2C(C)C)c(NC(CO)CO)n1. The van der Waals surface area contributed by atoms with Crippen molar-refractivity contribution in [3.05, 3.63) is 29.7 Å². The lowest BCUT2D eigenvalue weighted by Gasteiger charge is -2.19. The van der Waals surface area contributed by atoms with Crippen molar-refractivity contribution in [1.29, 1.82) is 0 Å². The lowest BCUT2D eigenvalue weighted by atomic mass is 10.0. The van der Waals surface area contributed by atoms with Crippen LogP contribution in [0.15, 0.2) is 23.5 Å². The molecule has 0 radical (unpaired) electrons. The average molecular weight is 371 g/mol. The smallest absolute Gasteiger partial charge is 0.250 e. The number of ether oxygens (including phenoxy) is 1. The van der Waals surface area contributed by atoms with Crippen molar-refractivity contribution in [2.75, 3.05) is 18.5 Å². The van der Waals surface area contributed by atoms with Crippen molar-refractivity contribution in [3.63, 3.8) is 0 Å². The number of aliphatic imine (C=N–C) groups is 1. The van der Waals surface area contributed by atoms with Gasteiger partial charge in [-0.2, -0.15) is 4.98 Å². The molecule has 1 saturated carbocycles. The zero-order valence-electron chi connectivity index (χ0n) is 15.6. The maximum absolute atomic E-state index is 9.36. The number of hydrogen-bond donors (Lipinski definition) is 3. The lowest BCUT2D eigenvalue weighted by molar-refractivity contribution is 0.203. The van der Waals surface area contributed by atoms with Crippen molar-refractivity contribution in [2.45, 2.75) is 44.6 Å². The molecule has 0 amide bonds. The fourth-order valence-electron chi connectivity index (χ4n) is 2.66. The van der Waals surface area contributed by atoms with Crippen LogP contribution >= 0.6 is 0 Å². The minimum Gasteiger partial charge on any atom is -0.451 e. The van der Waals surface area contributed by atoms with Crippen LogP contribution in [0.4, 0.5) is 11.8 Å². The molecule has 3 rings (SSSR count). The Labute approximate surface area is 158 Å². The Morgan fingerprint density at radius 1 is 1.22 bits per heavy atom. The van der Waals surface area contributed by atoms with Crippen LogP contribution < -0.4 is 10.1 Å². The molecular weight excluding hydrogens is 346 g/mol. The van der Waals surface area contributed by atoms with E-state index >= 15 is 0 Å². The summed E-state index contributed by atoms with van der Waals surface area (Å²) in [6.45, 7) is 7.08. The molecular formula is C19H25N5O3. The van der Waals surface area contributed by atoms with Crippen molar-refractivity contribution in [3.8, 4) is 11.5 Å². The van der Waals surface area contributed by atoms with Gasteiger partial charge in [0.1, 0.15) is 5.75 Å². The Balaban J connectivity index is 1.96. The minimum atomic E-state index is -0.580. The maximum Gasteiger partial charge on any atom is 0.250 e. The van der Waals surface area contributed by atoms with Gasteiger partial charge in [0.15, 0.2) is 11.6 Å². The Morgan fingerprint density at radius 3 is 2.56 bits per heavy atom. The number of rotatable bonds is 9. The average Bonchev–Trinajstić information content (AvgIpc) is 3.52. The van der Waals surface area contributed by atoms with Crippen molar-refractivity contribution in [2.24, 2.45) is 4.99 Å². The van der Waals surface area contributed by atoms with Gasteiger partial charge >= 0.3 is 0 Å². The van der Waals surface area contributed by atoms with Crippen LogP contribution in [0.2, 0.25) is 0 Å². The quantitative estimate of drug-likeness (QED) is 0.581. The van der Waals surface area contributed by atoms with E-state index in [1.54, 1.807) is 0 Å². The van der Waals surface area contributed by atoms with E-state index in [9.17, 15) is 10.2 Å². The first kappa shape index (κ1) is 19.2. The highest BCUT2D eigenvalue weighted by atomic mass is 16.5. The summed E-state index contributed by atoms with van der Waals surface area (Å²) < 4.78 is 6.16. The van der Waals surface area contributed by atoms with Crippen LogP contribution in [0.1, 0.15) is 49.8 Å². The summed E-state index contributed by atoms with van der Waals surface area (Å²) in [6, 6.07) is 1.40. The van der Waals surface area contributed by atoms with E-state index in [4.69, 9.17) is 4.74 Å². The molecule has 144 valence electrons. The van der Waals surface area contributed by atoms with Crippen LogP contribution in [0, 0.1) is 0 Å². The van der Waals surface area contributed by atoms with E-state index in [-0.39, 0.29) is 25.1 Å². The second-order valence-electron chi connectivity index (χ2n) is 6.93. The molecule has 2 aromatic rings. The molecule has 1 fully saturated rings. The van der Waals surface area contributed by atoms with E-state index < -0.39 is 6.04 Å². The molecule has 3 N–H and O–H groups in total. The summed E-state index contributed by atoms with van der Waals surface area (Å²) in [5.74, 6) is 2.33. The molecule has 27 heavy (non-hydrogen) atoms. The van der Waals surface area contributed by atoms with Gasteiger partial charge in [-0.3, -0.25) is 4.98 Å². The van der Waals surface area contributed by atoms with E-state index in [1.165, 1.54) is 6.20 Å². The number of aromatic nitrogens is 3. The molecule has 0 aromatic carbocycles. The van der Waals surface area contributed by atoms with Crippen LogP contribution in [0.3, 0.4) is 0 Å². The van der Waals surface area contributed by atoms with Crippen LogP contribution in [-0.4, -0.2) is 51.1 Å². The first-order valence-electron chi connectivity index (χ1n) is 9.05. The summed E-state index contributed by atoms with van der Waals surface area (Å²) in [5.41, 5.74) is 2.01. The second-order valence-corrected chi connectivity index (χ2v) is 6.93. The second kappa shape index (κ2) is 8.41. The van der Waals surface area contributed by atoms with Gasteiger partial charge in [0.05, 0.1) is 25.5 Å². The number of anilines is 1. The van der Waals surface area contributed by atoms with E-state index in [2.05, 4.69) is 45.8 Å². The number of nitrogens with zero attached hydrogens (tertiary/aromatic N) is 4. The van der Waals surface area contributed by atoms with Crippen molar-refractivity contribution in [1.82, 2.24) is 15.0 Å². The van der Waals surface area contributed by atoms with Crippen LogP contribution in [0.5, 0.6) is 11.5 Å². The number of pyridine rings is 1. The van der Waals surface area contributed by atoms with Gasteiger partial charge in [-0.15, -0.1) is 0 Å². The predicted octanol–water partition coefficient (Wildman–Crippen LogP) is 2.76. The van der Waals surface area contributed by atoms with Gasteiger partial charge in [0.2, 0.25) is 0 Å². The molecule has 2 aromatic heterocycles. The fourth-order valence-corrected chi connectivity index (χ4v) is 2.66. The van der Waals surface area contributed by atoms with Gasteiger partial charge in [0.25, 0.3) is 5.95 Å². The van der Waals surface area contributed by atoms with Crippen molar-refractivity contribution >= 4 is 18.5 Å². The lowest BCUT2D eigenvalue weighted by Crippen LogP contribution is -2.28. The zero-order valence-corrected chi connectivity index (χ0v) is 15.6. The van der Waals surface area contributed by atoms with Gasteiger partial charge in [-0.05, 0) is 25.5 Å². The normalized spacial score (nSPS) is 13.9. The highest BCUT2D eigenvalue weighted by molar-refractivity contribution is 5.55. The topological polar surface area (TPSA) is 113 Å². The largest absolute Gasteiger partial charge is 0.451 e. The van der Waals surface area contributed by atoms with E-state index in [0.29, 0.717) is 23.2 Å². The Kier molecular flexibility index (Phi) is 5.98. The highest BCUT2D eigenvalue weighted by Crippen LogP contribution is 2.42. The molecule has 8 nitrogen and oxygen atoms in total. The van der Waals surface area contributed by atoms with E-state index in [0.717, 1.165) is 24.1 Å². The molecule has 0 spiro atoms. The third-order valence-corrected chi connectivity index (χ3v) is 4.42. The molecule has 0 unspecified atom stereocenters. The van der Waals surface area contributed by atoms with Crippen molar-refractivity contribution < 1.29 is 14.9 Å². The summed E-state index contributed by atoms with van der Waals surface area (Å²) in [7, 11) is 0. The first-order valence-corrected chi connectivity index (χ1v) is 9.05. The van der Waals surface area contributed by atoms with Crippen LogP contribution in [0.25, 0.3) is 0 Å². The number of hydrogen-bond acceptors (Lipinski definition) is 8. The number of nitrogens with one attached hydrogen (secondary N) is 1. The Morgan fingerprint density at radius 2 is 1.96 bits per heavy atom. The van der Waals surface area contributed by atoms with Gasteiger partial charge in [0, 0.05) is 29.4 Å². The molecule has 0 atom stereocenters. The predicted molar refractivity (Wildman–Crippen MR) is 103 cm³/mol. The molecule has 0 bridgehead atoms. The Hall–Kier alpha value is -2.58. The summed E-state index contributed by atoms with van der Waals surface area (Å²) in [4.78, 5) is 16.7. The number of aliphatic hydroxyl groups excluding tert-OH is 2. The van der Waals surface area contributed by atoms with Gasteiger partial charge in [-0.25, -0.2) is 9.98 Å². The van der Waals surface area contributed by atoms with E-state index in [1.807, 2.05) is 12.3 Å². The fraction of sp³-hybridized carbons (Fsp3) is 0.474.